The molecule has 1 amide bonds. The fourth-order valence-corrected chi connectivity index (χ4v) is 5.12. The van der Waals surface area contributed by atoms with Gasteiger partial charge in [-0.2, -0.15) is 0 Å². The summed E-state index contributed by atoms with van der Waals surface area (Å²) in [6, 6.07) is 12.7. The molecule has 1 N–H and O–H groups in total. The number of thioether (sulfide) groups is 1. The van der Waals surface area contributed by atoms with Crippen molar-refractivity contribution < 1.29 is 13.6 Å². The summed E-state index contributed by atoms with van der Waals surface area (Å²) in [5, 5.41) is 2.42. The number of rotatable bonds is 4. The monoisotopic (exact) mass is 361 g/mol. The molecule has 1 saturated carbocycles. The highest BCUT2D eigenvalue weighted by atomic mass is 32.2. The molecular weight excluding hydrogens is 340 g/mol. The summed E-state index contributed by atoms with van der Waals surface area (Å²) >= 11 is 1.10. The number of benzene rings is 2. The molecular formula is C20H21F2NOS. The third kappa shape index (κ3) is 3.43. The zero-order chi connectivity index (χ0) is 17.9. The van der Waals surface area contributed by atoms with Crippen LogP contribution in [0.3, 0.4) is 0 Å². The van der Waals surface area contributed by atoms with Gasteiger partial charge in [-0.25, -0.2) is 8.78 Å². The molecule has 0 spiro atoms. The lowest BCUT2D eigenvalue weighted by Crippen LogP contribution is -2.36. The van der Waals surface area contributed by atoms with Crippen LogP contribution in [-0.4, -0.2) is 12.3 Å². The largest absolute Gasteiger partial charge is 0.350 e. The maximum Gasteiger partial charge on any atom is 0.280 e. The zero-order valence-electron chi connectivity index (χ0n) is 14.1. The van der Waals surface area contributed by atoms with E-state index in [0.717, 1.165) is 43.0 Å². The quantitative estimate of drug-likeness (QED) is 0.782. The average Bonchev–Trinajstić information content (AvgIpc) is 3.16. The van der Waals surface area contributed by atoms with Crippen LogP contribution in [0.2, 0.25) is 0 Å². The third-order valence-corrected chi connectivity index (χ3v) is 6.44. The van der Waals surface area contributed by atoms with Crippen LogP contribution >= 0.6 is 11.8 Å². The van der Waals surface area contributed by atoms with E-state index < -0.39 is 4.75 Å². The van der Waals surface area contributed by atoms with Gasteiger partial charge in [-0.05, 0) is 54.3 Å². The van der Waals surface area contributed by atoms with Crippen molar-refractivity contribution in [1.29, 1.82) is 0 Å². The molecule has 5 heteroatoms. The number of nitrogens with one attached hydrogen (secondary N) is 1. The van der Waals surface area contributed by atoms with E-state index in [9.17, 15) is 13.6 Å². The molecule has 2 aromatic carbocycles. The lowest BCUT2D eigenvalue weighted by Gasteiger charge is -2.39. The number of halogens is 2. The summed E-state index contributed by atoms with van der Waals surface area (Å²) in [6.45, 7) is 0. The van der Waals surface area contributed by atoms with Crippen molar-refractivity contribution in [2.75, 3.05) is 7.05 Å². The maximum atomic E-state index is 14.8. The van der Waals surface area contributed by atoms with Crippen LogP contribution < -0.4 is 5.32 Å². The highest BCUT2D eigenvalue weighted by Crippen LogP contribution is 2.54. The molecule has 132 valence electrons. The maximum absolute atomic E-state index is 14.8. The van der Waals surface area contributed by atoms with Crippen LogP contribution in [0, 0.1) is 17.6 Å². The van der Waals surface area contributed by atoms with E-state index in [0.29, 0.717) is 5.56 Å². The topological polar surface area (TPSA) is 29.1 Å². The van der Waals surface area contributed by atoms with Crippen molar-refractivity contribution in [2.24, 2.45) is 5.92 Å². The van der Waals surface area contributed by atoms with Crippen LogP contribution in [0.25, 0.3) is 0 Å². The number of carbonyl (C=O) groups excluding carboxylic acids is 1. The molecule has 0 aromatic heterocycles. The Kier molecular flexibility index (Phi) is 5.42. The Morgan fingerprint density at radius 2 is 1.72 bits per heavy atom. The van der Waals surface area contributed by atoms with Gasteiger partial charge in [-0.1, -0.05) is 43.2 Å². The van der Waals surface area contributed by atoms with Gasteiger partial charge in [0.05, 0.1) is 4.75 Å². The van der Waals surface area contributed by atoms with Gasteiger partial charge in [0.25, 0.3) is 5.24 Å². The minimum atomic E-state index is -0.865. The Morgan fingerprint density at radius 1 is 1.08 bits per heavy atom. The first kappa shape index (κ1) is 17.9. The van der Waals surface area contributed by atoms with Crippen molar-refractivity contribution in [3.05, 3.63) is 71.3 Å². The molecule has 2 aromatic rings. The average molecular weight is 361 g/mol. The minimum Gasteiger partial charge on any atom is -0.350 e. The predicted molar refractivity (Wildman–Crippen MR) is 97.6 cm³/mol. The SMILES string of the molecule is CNC(=O)SC(c1ccc(F)cc1)(c1ccccc1F)C1CCCC1. The lowest BCUT2D eigenvalue weighted by atomic mass is 9.78. The van der Waals surface area contributed by atoms with E-state index in [1.165, 1.54) is 18.2 Å². The summed E-state index contributed by atoms with van der Waals surface area (Å²) < 4.78 is 27.5. The van der Waals surface area contributed by atoms with Gasteiger partial charge < -0.3 is 5.32 Å². The molecule has 2 nitrogen and oxygen atoms in total. The van der Waals surface area contributed by atoms with Gasteiger partial charge in [0.1, 0.15) is 11.6 Å². The molecule has 0 saturated heterocycles. The first-order valence-corrected chi connectivity index (χ1v) is 9.31. The molecule has 3 rings (SSSR count). The van der Waals surface area contributed by atoms with Crippen LogP contribution in [0.1, 0.15) is 36.8 Å². The van der Waals surface area contributed by atoms with E-state index in [-0.39, 0.29) is 22.8 Å². The molecule has 0 aliphatic heterocycles. The third-order valence-electron chi connectivity index (χ3n) is 4.93. The molecule has 1 fully saturated rings. The van der Waals surface area contributed by atoms with E-state index in [1.807, 2.05) is 0 Å². The smallest absolute Gasteiger partial charge is 0.280 e. The molecule has 25 heavy (non-hydrogen) atoms. The Hall–Kier alpha value is -1.88. The van der Waals surface area contributed by atoms with Crippen molar-refractivity contribution in [3.63, 3.8) is 0 Å². The minimum absolute atomic E-state index is 0.108. The van der Waals surface area contributed by atoms with E-state index in [1.54, 1.807) is 37.4 Å². The molecule has 1 unspecified atom stereocenters. The summed E-state index contributed by atoms with van der Waals surface area (Å²) in [5.41, 5.74) is 1.25. The fourth-order valence-electron chi connectivity index (χ4n) is 3.80. The van der Waals surface area contributed by atoms with Crippen LogP contribution in [0.5, 0.6) is 0 Å². The Balaban J connectivity index is 2.24. The van der Waals surface area contributed by atoms with Gasteiger partial charge >= 0.3 is 0 Å². The van der Waals surface area contributed by atoms with Gasteiger partial charge in [0.15, 0.2) is 0 Å². The first-order chi connectivity index (χ1) is 12.1. The van der Waals surface area contributed by atoms with Crippen LogP contribution in [-0.2, 0) is 4.75 Å². The van der Waals surface area contributed by atoms with Crippen molar-refractivity contribution in [2.45, 2.75) is 30.4 Å². The normalized spacial score (nSPS) is 17.2. The number of hydrogen-bond acceptors (Lipinski definition) is 2. The fraction of sp³-hybridized carbons (Fsp3) is 0.350. The van der Waals surface area contributed by atoms with Gasteiger partial charge in [0, 0.05) is 12.6 Å². The highest BCUT2D eigenvalue weighted by Gasteiger charge is 2.47. The number of hydrogen-bond donors (Lipinski definition) is 1. The van der Waals surface area contributed by atoms with Gasteiger partial charge in [0.2, 0.25) is 0 Å². The standard InChI is InChI=1S/C20H21F2NOS/c1-23-19(24)25-20(14-6-2-3-7-14,15-10-12-16(21)13-11-15)17-8-4-5-9-18(17)22/h4-5,8-14H,2-3,6-7H2,1H3,(H,23,24). The second kappa shape index (κ2) is 7.56. The Bertz CT molecular complexity index is 744. The molecule has 0 heterocycles. The molecule has 0 bridgehead atoms. The zero-order valence-corrected chi connectivity index (χ0v) is 14.9. The summed E-state index contributed by atoms with van der Waals surface area (Å²) in [7, 11) is 1.57. The Morgan fingerprint density at radius 3 is 2.32 bits per heavy atom. The van der Waals surface area contributed by atoms with Crippen LogP contribution in [0.4, 0.5) is 13.6 Å². The molecule has 1 atom stereocenters. The lowest BCUT2D eigenvalue weighted by molar-refractivity contribution is 0.261. The Labute approximate surface area is 151 Å². The summed E-state index contributed by atoms with van der Waals surface area (Å²) in [4.78, 5) is 12.4. The van der Waals surface area contributed by atoms with E-state index in [4.69, 9.17) is 0 Å². The number of amides is 1. The van der Waals surface area contributed by atoms with Crippen molar-refractivity contribution >= 4 is 17.0 Å². The van der Waals surface area contributed by atoms with Gasteiger partial charge in [-0.3, -0.25) is 4.79 Å². The first-order valence-electron chi connectivity index (χ1n) is 8.49. The number of carbonyl (C=O) groups is 1. The summed E-state index contributed by atoms with van der Waals surface area (Å²) in [5.74, 6) is -0.574. The van der Waals surface area contributed by atoms with Crippen molar-refractivity contribution in [3.8, 4) is 0 Å². The second-order valence-electron chi connectivity index (χ2n) is 6.34. The van der Waals surface area contributed by atoms with Crippen molar-refractivity contribution in [1.82, 2.24) is 5.32 Å². The molecule has 0 radical (unpaired) electrons. The highest BCUT2D eigenvalue weighted by molar-refractivity contribution is 8.14. The second-order valence-corrected chi connectivity index (χ2v) is 7.56. The van der Waals surface area contributed by atoms with E-state index >= 15 is 0 Å². The molecule has 1 aliphatic carbocycles. The molecule has 1 aliphatic rings. The predicted octanol–water partition coefficient (Wildman–Crippen LogP) is 5.47. The van der Waals surface area contributed by atoms with Crippen LogP contribution in [0.15, 0.2) is 48.5 Å². The summed E-state index contributed by atoms with van der Waals surface area (Å²) in [6.07, 6.45) is 3.93. The van der Waals surface area contributed by atoms with Gasteiger partial charge in [-0.15, -0.1) is 0 Å². The van der Waals surface area contributed by atoms with E-state index in [2.05, 4.69) is 5.32 Å².